The van der Waals surface area contributed by atoms with E-state index in [9.17, 15) is 38.7 Å². The maximum absolute atomic E-state index is 13.0. The van der Waals surface area contributed by atoms with Gasteiger partial charge in [0.25, 0.3) is 0 Å². The zero-order valence-electron chi connectivity index (χ0n) is 34.3. The molecule has 0 spiro atoms. The minimum absolute atomic E-state index is 0.236. The van der Waals surface area contributed by atoms with Gasteiger partial charge in [0.15, 0.2) is 6.29 Å². The van der Waals surface area contributed by atoms with E-state index in [4.69, 9.17) is 14.0 Å². The number of hydrogen-bond acceptors (Lipinski definition) is 11. The molecule has 0 aromatic rings. The summed E-state index contributed by atoms with van der Waals surface area (Å²) in [5.41, 5.74) is 0. The molecule has 0 aromatic carbocycles. The Morgan fingerprint density at radius 3 is 1.71 bits per heavy atom. The first-order chi connectivity index (χ1) is 26.9. The quantitative estimate of drug-likeness (QED) is 0.0207. The Morgan fingerprint density at radius 2 is 1.23 bits per heavy atom. The van der Waals surface area contributed by atoms with Crippen LogP contribution >= 0.6 is 0 Å². The Bertz CT molecular complexity index is 1170. The molecular formula is C42H77NO12S. The fraction of sp³-hybridized carbons (Fsp3) is 0.833. The summed E-state index contributed by atoms with van der Waals surface area (Å²) in [5, 5.41) is 54.9. The summed E-state index contributed by atoms with van der Waals surface area (Å²) in [4.78, 5) is 13.0. The number of nitrogens with one attached hydrogen (secondary N) is 1. The molecule has 1 aliphatic heterocycles. The van der Waals surface area contributed by atoms with Crippen LogP contribution in [-0.4, -0.2) is 107 Å². The lowest BCUT2D eigenvalue weighted by atomic mass is 9.99. The second-order valence-corrected chi connectivity index (χ2v) is 16.1. The predicted octanol–water partition coefficient (Wildman–Crippen LogP) is 6.52. The molecule has 328 valence electrons. The van der Waals surface area contributed by atoms with Crippen LogP contribution in [0.1, 0.15) is 162 Å². The van der Waals surface area contributed by atoms with Gasteiger partial charge < -0.3 is 40.3 Å². The average Bonchev–Trinajstić information content (AvgIpc) is 3.16. The third-order valence-electron chi connectivity index (χ3n) is 10.1. The van der Waals surface area contributed by atoms with Crippen molar-refractivity contribution in [2.24, 2.45) is 0 Å². The van der Waals surface area contributed by atoms with Gasteiger partial charge in [-0.15, -0.1) is 0 Å². The first-order valence-corrected chi connectivity index (χ1v) is 22.8. The van der Waals surface area contributed by atoms with E-state index in [0.29, 0.717) is 12.8 Å². The summed E-state index contributed by atoms with van der Waals surface area (Å²) < 4.78 is 47.3. The molecule has 0 bridgehead atoms. The highest BCUT2D eigenvalue weighted by molar-refractivity contribution is 7.80. The molecule has 1 amide bonds. The second-order valence-electron chi connectivity index (χ2n) is 15.1. The summed E-state index contributed by atoms with van der Waals surface area (Å²) in [7, 11) is -5.12. The second kappa shape index (κ2) is 33.1. The average molecular weight is 820 g/mol. The summed E-state index contributed by atoms with van der Waals surface area (Å²) in [6.45, 7) is 2.94. The van der Waals surface area contributed by atoms with Crippen LogP contribution in [0.3, 0.4) is 0 Å². The molecule has 1 aliphatic rings. The molecule has 8 unspecified atom stereocenters. The zero-order valence-corrected chi connectivity index (χ0v) is 35.1. The van der Waals surface area contributed by atoms with E-state index in [2.05, 4.69) is 28.6 Å². The van der Waals surface area contributed by atoms with Gasteiger partial charge in [-0.3, -0.25) is 9.35 Å². The van der Waals surface area contributed by atoms with Crippen LogP contribution in [0.2, 0.25) is 0 Å². The first-order valence-electron chi connectivity index (χ1n) is 21.4. The van der Waals surface area contributed by atoms with Crippen LogP contribution in [0.25, 0.3) is 0 Å². The van der Waals surface area contributed by atoms with E-state index in [-0.39, 0.29) is 6.42 Å². The number of hydrogen-bond donors (Lipinski definition) is 7. The molecule has 1 heterocycles. The van der Waals surface area contributed by atoms with Crippen molar-refractivity contribution in [2.45, 2.75) is 210 Å². The van der Waals surface area contributed by atoms with Gasteiger partial charge in [-0.1, -0.05) is 159 Å². The molecule has 0 aromatic heterocycles. The Balaban J connectivity index is 2.55. The Morgan fingerprint density at radius 1 is 0.750 bits per heavy atom. The molecule has 0 saturated carbocycles. The van der Waals surface area contributed by atoms with Crippen LogP contribution < -0.4 is 5.32 Å². The SMILES string of the molecule is C/C=C/CC/C=C/CC/C=C/C(O)C(COC1OC(CO)C(O)C(OS(=O)(=O)O)C1O)NC(=O)C(O)CCCCCCCCCCCCCCCCCCCC. The number of aliphatic hydroxyl groups is 5. The van der Waals surface area contributed by atoms with Crippen molar-refractivity contribution < 1.29 is 57.0 Å². The van der Waals surface area contributed by atoms with Gasteiger partial charge in [0.2, 0.25) is 5.91 Å². The van der Waals surface area contributed by atoms with E-state index in [0.717, 1.165) is 38.5 Å². The predicted molar refractivity (Wildman–Crippen MR) is 219 cm³/mol. The Hall–Kier alpha value is -1.72. The number of ether oxygens (including phenoxy) is 2. The summed E-state index contributed by atoms with van der Waals surface area (Å²) in [6.07, 6.45) is 25.6. The van der Waals surface area contributed by atoms with Crippen molar-refractivity contribution in [1.29, 1.82) is 0 Å². The van der Waals surface area contributed by atoms with Gasteiger partial charge in [-0.2, -0.15) is 8.42 Å². The lowest BCUT2D eigenvalue weighted by molar-refractivity contribution is -0.298. The third-order valence-corrected chi connectivity index (χ3v) is 10.6. The minimum Gasteiger partial charge on any atom is -0.394 e. The molecule has 13 nitrogen and oxygen atoms in total. The van der Waals surface area contributed by atoms with E-state index < -0.39 is 78.5 Å². The van der Waals surface area contributed by atoms with Crippen LogP contribution in [0.15, 0.2) is 36.5 Å². The lowest BCUT2D eigenvalue weighted by Crippen LogP contribution is -2.61. The number of unbranched alkanes of at least 4 members (excludes halogenated alkanes) is 19. The fourth-order valence-corrected chi connectivity index (χ4v) is 7.18. The van der Waals surface area contributed by atoms with E-state index in [1.807, 2.05) is 19.1 Å². The molecule has 8 atom stereocenters. The normalized spacial score (nSPS) is 22.3. The first kappa shape index (κ1) is 52.3. The highest BCUT2D eigenvalue weighted by Crippen LogP contribution is 2.26. The number of carbonyl (C=O) groups is 1. The molecule has 56 heavy (non-hydrogen) atoms. The molecule has 0 aliphatic carbocycles. The van der Waals surface area contributed by atoms with Gasteiger partial charge in [0.05, 0.1) is 25.4 Å². The van der Waals surface area contributed by atoms with Crippen LogP contribution in [0, 0.1) is 0 Å². The maximum atomic E-state index is 13.0. The number of allylic oxidation sites excluding steroid dienone is 5. The smallest absolute Gasteiger partial charge is 0.394 e. The van der Waals surface area contributed by atoms with E-state index >= 15 is 0 Å². The Kier molecular flexibility index (Phi) is 31.0. The number of aliphatic hydroxyl groups excluding tert-OH is 5. The van der Waals surface area contributed by atoms with E-state index in [1.165, 1.54) is 96.0 Å². The van der Waals surface area contributed by atoms with Crippen LogP contribution in [-0.2, 0) is 28.9 Å². The van der Waals surface area contributed by atoms with Gasteiger partial charge in [0.1, 0.15) is 30.5 Å². The van der Waals surface area contributed by atoms with Crippen molar-refractivity contribution in [3.05, 3.63) is 36.5 Å². The fourth-order valence-electron chi connectivity index (χ4n) is 6.68. The summed E-state index contributed by atoms with van der Waals surface area (Å²) in [6, 6.07) is -1.14. The van der Waals surface area contributed by atoms with Crippen molar-refractivity contribution >= 4 is 16.3 Å². The third kappa shape index (κ3) is 25.6. The standard InChI is InChI=1S/C42H77NO12S/c1-3-5-7-9-11-13-14-15-16-17-18-19-20-21-23-25-27-29-31-36(46)41(49)43-34(35(45)30-28-26-24-22-12-10-8-6-4-2)33-53-42-39(48)40(55-56(50,51)52)38(47)37(32-44)54-42/h4,6,12,22,28,30,34-40,42,44-48H,3,5,7-11,13-21,23-27,29,31-33H2,1-2H3,(H,43,49)(H,50,51,52)/b6-4+,22-12+,30-28+. The molecule has 0 radical (unpaired) electrons. The van der Waals surface area contributed by atoms with Gasteiger partial charge >= 0.3 is 10.4 Å². The maximum Gasteiger partial charge on any atom is 0.397 e. The molecule has 14 heteroatoms. The van der Waals surface area contributed by atoms with Crippen molar-refractivity contribution in [2.75, 3.05) is 13.2 Å². The van der Waals surface area contributed by atoms with Crippen molar-refractivity contribution in [3.8, 4) is 0 Å². The molecule has 1 rings (SSSR count). The summed E-state index contributed by atoms with van der Waals surface area (Å²) >= 11 is 0. The zero-order chi connectivity index (χ0) is 41.4. The minimum atomic E-state index is -5.12. The molecular weight excluding hydrogens is 743 g/mol. The van der Waals surface area contributed by atoms with Crippen LogP contribution in [0.4, 0.5) is 0 Å². The van der Waals surface area contributed by atoms with Crippen LogP contribution in [0.5, 0.6) is 0 Å². The summed E-state index contributed by atoms with van der Waals surface area (Å²) in [5.74, 6) is -0.719. The highest BCUT2D eigenvalue weighted by atomic mass is 32.3. The monoisotopic (exact) mass is 820 g/mol. The van der Waals surface area contributed by atoms with Gasteiger partial charge in [-0.25, -0.2) is 4.18 Å². The molecule has 1 fully saturated rings. The topological polar surface area (TPSA) is 212 Å². The molecule has 7 N–H and O–H groups in total. The number of amides is 1. The lowest BCUT2D eigenvalue weighted by Gasteiger charge is -2.41. The van der Waals surface area contributed by atoms with Crippen molar-refractivity contribution in [1.82, 2.24) is 5.32 Å². The number of rotatable bonds is 35. The molecule has 1 saturated heterocycles. The van der Waals surface area contributed by atoms with Crippen molar-refractivity contribution in [3.63, 3.8) is 0 Å². The Labute approximate surface area is 337 Å². The van der Waals surface area contributed by atoms with Gasteiger partial charge in [0, 0.05) is 0 Å². The van der Waals surface area contributed by atoms with E-state index in [1.54, 1.807) is 6.08 Å². The number of carbonyl (C=O) groups excluding carboxylic acids is 1. The van der Waals surface area contributed by atoms with Gasteiger partial charge in [-0.05, 0) is 39.0 Å². The largest absolute Gasteiger partial charge is 0.397 e. The highest BCUT2D eigenvalue weighted by Gasteiger charge is 2.48.